The third-order valence-electron chi connectivity index (χ3n) is 3.01. The summed E-state index contributed by atoms with van der Waals surface area (Å²) in [5.74, 6) is 0.328. The van der Waals surface area contributed by atoms with Gasteiger partial charge >= 0.3 is 0 Å². The molecule has 2 rings (SSSR count). The first-order valence-electron chi connectivity index (χ1n) is 6.09. The van der Waals surface area contributed by atoms with Crippen molar-refractivity contribution in [3.63, 3.8) is 0 Å². The highest BCUT2D eigenvalue weighted by Gasteiger charge is 2.02. The summed E-state index contributed by atoms with van der Waals surface area (Å²) in [5.41, 5.74) is 4.88. The number of rotatable bonds is 3. The van der Waals surface area contributed by atoms with Crippen LogP contribution in [0.15, 0.2) is 42.5 Å². The van der Waals surface area contributed by atoms with Crippen LogP contribution in [-0.4, -0.2) is 5.11 Å². The number of hydrogen-bond acceptors (Lipinski definition) is 1. The monoisotopic (exact) mass is 226 g/mol. The van der Waals surface area contributed by atoms with E-state index in [1.165, 1.54) is 23.1 Å². The molecule has 0 spiro atoms. The van der Waals surface area contributed by atoms with Crippen molar-refractivity contribution in [1.29, 1.82) is 0 Å². The van der Waals surface area contributed by atoms with E-state index in [0.717, 1.165) is 12.0 Å². The Kier molecular flexibility index (Phi) is 3.48. The van der Waals surface area contributed by atoms with Crippen molar-refractivity contribution in [2.45, 2.75) is 26.7 Å². The fourth-order valence-electron chi connectivity index (χ4n) is 2.11. The number of benzene rings is 2. The number of aromatic hydroxyl groups is 1. The first kappa shape index (κ1) is 11.7. The highest BCUT2D eigenvalue weighted by Crippen LogP contribution is 2.26. The second-order valence-electron chi connectivity index (χ2n) is 4.45. The van der Waals surface area contributed by atoms with Gasteiger partial charge in [-0.15, -0.1) is 0 Å². The molecule has 88 valence electrons. The Morgan fingerprint density at radius 1 is 1.00 bits per heavy atom. The summed E-state index contributed by atoms with van der Waals surface area (Å²) < 4.78 is 0. The van der Waals surface area contributed by atoms with Crippen LogP contribution in [0.3, 0.4) is 0 Å². The van der Waals surface area contributed by atoms with Crippen molar-refractivity contribution in [3.05, 3.63) is 53.6 Å². The second kappa shape index (κ2) is 5.05. The summed E-state index contributed by atoms with van der Waals surface area (Å²) in [6.45, 7) is 4.22. The predicted molar refractivity (Wildman–Crippen MR) is 72.3 cm³/mol. The largest absolute Gasteiger partial charge is 0.508 e. The van der Waals surface area contributed by atoms with E-state index >= 15 is 0 Å². The Balaban J connectivity index is 2.33. The number of aryl methyl sites for hydroxylation is 2. The molecule has 0 aliphatic rings. The van der Waals surface area contributed by atoms with E-state index in [4.69, 9.17) is 0 Å². The van der Waals surface area contributed by atoms with Crippen molar-refractivity contribution in [2.24, 2.45) is 0 Å². The molecule has 0 amide bonds. The molecule has 1 heteroatoms. The zero-order valence-electron chi connectivity index (χ0n) is 10.4. The normalized spacial score (nSPS) is 10.5. The van der Waals surface area contributed by atoms with Crippen LogP contribution >= 0.6 is 0 Å². The average molecular weight is 226 g/mol. The minimum atomic E-state index is 0.328. The summed E-state index contributed by atoms with van der Waals surface area (Å²) in [4.78, 5) is 0. The van der Waals surface area contributed by atoms with Gasteiger partial charge in [0, 0.05) is 0 Å². The van der Waals surface area contributed by atoms with Crippen molar-refractivity contribution in [1.82, 2.24) is 0 Å². The van der Waals surface area contributed by atoms with Crippen LogP contribution in [-0.2, 0) is 6.42 Å². The lowest BCUT2D eigenvalue weighted by atomic mass is 9.98. The molecule has 2 aromatic carbocycles. The summed E-state index contributed by atoms with van der Waals surface area (Å²) in [5, 5.41) is 9.40. The molecule has 0 aliphatic heterocycles. The van der Waals surface area contributed by atoms with Crippen LogP contribution < -0.4 is 0 Å². The molecule has 0 atom stereocenters. The summed E-state index contributed by atoms with van der Waals surface area (Å²) in [6.07, 6.45) is 2.31. The molecular formula is C16H18O. The topological polar surface area (TPSA) is 20.2 Å². The molecule has 0 saturated heterocycles. The minimum absolute atomic E-state index is 0.328. The highest BCUT2D eigenvalue weighted by molar-refractivity contribution is 5.68. The molecule has 0 aromatic heterocycles. The number of phenols is 1. The lowest BCUT2D eigenvalue weighted by Crippen LogP contribution is -1.86. The zero-order chi connectivity index (χ0) is 12.3. The Hall–Kier alpha value is -1.76. The van der Waals surface area contributed by atoms with Gasteiger partial charge in [-0.3, -0.25) is 0 Å². The minimum Gasteiger partial charge on any atom is -0.508 e. The van der Waals surface area contributed by atoms with E-state index in [1.54, 1.807) is 12.1 Å². The van der Waals surface area contributed by atoms with Gasteiger partial charge in [-0.05, 0) is 47.7 Å². The van der Waals surface area contributed by atoms with Crippen LogP contribution in [0, 0.1) is 6.92 Å². The van der Waals surface area contributed by atoms with E-state index in [-0.39, 0.29) is 0 Å². The van der Waals surface area contributed by atoms with Gasteiger partial charge in [-0.2, -0.15) is 0 Å². The fourth-order valence-corrected chi connectivity index (χ4v) is 2.11. The smallest absolute Gasteiger partial charge is 0.115 e. The van der Waals surface area contributed by atoms with Gasteiger partial charge in [-0.25, -0.2) is 0 Å². The summed E-state index contributed by atoms with van der Waals surface area (Å²) >= 11 is 0. The lowest BCUT2D eigenvalue weighted by molar-refractivity contribution is 0.475. The summed E-state index contributed by atoms with van der Waals surface area (Å²) in [6, 6.07) is 14.2. The molecule has 0 saturated carbocycles. The first-order valence-corrected chi connectivity index (χ1v) is 6.09. The van der Waals surface area contributed by atoms with Gasteiger partial charge in [0.2, 0.25) is 0 Å². The Morgan fingerprint density at radius 3 is 2.29 bits per heavy atom. The fraction of sp³-hybridized carbons (Fsp3) is 0.250. The quantitative estimate of drug-likeness (QED) is 0.826. The molecule has 0 heterocycles. The van der Waals surface area contributed by atoms with Crippen LogP contribution in [0.5, 0.6) is 5.75 Å². The van der Waals surface area contributed by atoms with Gasteiger partial charge in [0.05, 0.1) is 0 Å². The van der Waals surface area contributed by atoms with Crippen LogP contribution in [0.1, 0.15) is 24.5 Å². The van der Waals surface area contributed by atoms with E-state index in [9.17, 15) is 5.11 Å². The Morgan fingerprint density at radius 2 is 1.71 bits per heavy atom. The van der Waals surface area contributed by atoms with E-state index in [1.807, 2.05) is 13.0 Å². The van der Waals surface area contributed by atoms with Gasteiger partial charge in [0.25, 0.3) is 0 Å². The van der Waals surface area contributed by atoms with Crippen molar-refractivity contribution < 1.29 is 5.11 Å². The third-order valence-corrected chi connectivity index (χ3v) is 3.01. The molecule has 0 unspecified atom stereocenters. The second-order valence-corrected chi connectivity index (χ2v) is 4.45. The molecule has 2 aromatic rings. The van der Waals surface area contributed by atoms with Crippen LogP contribution in [0.2, 0.25) is 0 Å². The van der Waals surface area contributed by atoms with Gasteiger partial charge in [0.15, 0.2) is 0 Å². The maximum absolute atomic E-state index is 9.40. The number of hydrogen-bond donors (Lipinski definition) is 1. The SMILES string of the molecule is CCCc1ccc(-c2ccc(O)cc2C)cc1. The maximum Gasteiger partial charge on any atom is 0.115 e. The molecule has 0 radical (unpaired) electrons. The molecular weight excluding hydrogens is 208 g/mol. The van der Waals surface area contributed by atoms with Gasteiger partial charge < -0.3 is 5.11 Å². The first-order chi connectivity index (χ1) is 8.20. The maximum atomic E-state index is 9.40. The highest BCUT2D eigenvalue weighted by atomic mass is 16.3. The zero-order valence-corrected chi connectivity index (χ0v) is 10.4. The lowest BCUT2D eigenvalue weighted by Gasteiger charge is -2.07. The molecule has 17 heavy (non-hydrogen) atoms. The predicted octanol–water partition coefficient (Wildman–Crippen LogP) is 4.32. The van der Waals surface area contributed by atoms with Gasteiger partial charge in [-0.1, -0.05) is 43.7 Å². The number of phenolic OH excluding ortho intramolecular Hbond substituents is 1. The standard InChI is InChI=1S/C16H18O/c1-3-4-13-5-7-14(8-6-13)16-10-9-15(17)11-12(16)2/h5-11,17H,3-4H2,1-2H3. The van der Waals surface area contributed by atoms with E-state index in [0.29, 0.717) is 5.75 Å². The Bertz CT molecular complexity index is 497. The van der Waals surface area contributed by atoms with Crippen molar-refractivity contribution in [3.8, 4) is 16.9 Å². The molecule has 0 bridgehead atoms. The average Bonchev–Trinajstić information content (AvgIpc) is 2.31. The third kappa shape index (κ3) is 2.68. The Labute approximate surface area is 103 Å². The molecule has 0 fully saturated rings. The summed E-state index contributed by atoms with van der Waals surface area (Å²) in [7, 11) is 0. The van der Waals surface area contributed by atoms with Gasteiger partial charge in [0.1, 0.15) is 5.75 Å². The van der Waals surface area contributed by atoms with E-state index < -0.39 is 0 Å². The van der Waals surface area contributed by atoms with Crippen LogP contribution in [0.4, 0.5) is 0 Å². The molecule has 1 nitrogen and oxygen atoms in total. The van der Waals surface area contributed by atoms with Crippen LogP contribution in [0.25, 0.3) is 11.1 Å². The van der Waals surface area contributed by atoms with Crippen molar-refractivity contribution in [2.75, 3.05) is 0 Å². The van der Waals surface area contributed by atoms with E-state index in [2.05, 4.69) is 31.2 Å². The molecule has 0 aliphatic carbocycles. The van der Waals surface area contributed by atoms with Crippen molar-refractivity contribution >= 4 is 0 Å². The molecule has 1 N–H and O–H groups in total.